The van der Waals surface area contributed by atoms with Crippen molar-refractivity contribution < 1.29 is 14.3 Å². The van der Waals surface area contributed by atoms with E-state index in [1.54, 1.807) is 21.0 Å². The zero-order chi connectivity index (χ0) is 10.8. The van der Waals surface area contributed by atoms with Gasteiger partial charge < -0.3 is 15.2 Å². The third-order valence-corrected chi connectivity index (χ3v) is 2.57. The first-order valence-electron chi connectivity index (χ1n) is 4.97. The molecule has 0 aromatic rings. The van der Waals surface area contributed by atoms with Crippen LogP contribution in [-0.2, 0) is 14.3 Å². The molecule has 2 unspecified atom stereocenters. The third-order valence-electron chi connectivity index (χ3n) is 2.57. The first-order valence-corrected chi connectivity index (χ1v) is 4.97. The highest BCUT2D eigenvalue weighted by molar-refractivity contribution is 5.81. The minimum Gasteiger partial charge on any atom is -0.459 e. The van der Waals surface area contributed by atoms with Crippen LogP contribution in [0.25, 0.3) is 0 Å². The molecule has 0 saturated heterocycles. The Hall–Kier alpha value is -0.610. The minimum absolute atomic E-state index is 0.228. The number of nitrogens with two attached hydrogens (primary N) is 1. The molecule has 2 N–H and O–H groups in total. The Morgan fingerprint density at radius 1 is 1.64 bits per heavy atom. The molecule has 2 atom stereocenters. The van der Waals surface area contributed by atoms with E-state index >= 15 is 0 Å². The molecule has 1 saturated carbocycles. The number of hydrogen-bond acceptors (Lipinski definition) is 4. The van der Waals surface area contributed by atoms with Gasteiger partial charge in [0.2, 0.25) is 0 Å². The summed E-state index contributed by atoms with van der Waals surface area (Å²) in [4.78, 5) is 11.6. The van der Waals surface area contributed by atoms with Gasteiger partial charge in [-0.2, -0.15) is 0 Å². The molecule has 1 rings (SSSR count). The first-order chi connectivity index (χ1) is 6.48. The topological polar surface area (TPSA) is 61.5 Å². The van der Waals surface area contributed by atoms with Crippen LogP contribution >= 0.6 is 0 Å². The predicted molar refractivity (Wildman–Crippen MR) is 52.7 cm³/mol. The lowest BCUT2D eigenvalue weighted by Crippen LogP contribution is -2.49. The van der Waals surface area contributed by atoms with Crippen LogP contribution in [0, 0.1) is 5.92 Å². The van der Waals surface area contributed by atoms with Gasteiger partial charge in [-0.15, -0.1) is 0 Å². The highest BCUT2D eigenvalue weighted by Gasteiger charge is 2.45. The molecule has 0 aromatic carbocycles. The fourth-order valence-electron chi connectivity index (χ4n) is 1.43. The average Bonchev–Trinajstić information content (AvgIpc) is 2.86. The van der Waals surface area contributed by atoms with Crippen LogP contribution in [0.5, 0.6) is 0 Å². The fourth-order valence-corrected chi connectivity index (χ4v) is 1.43. The SMILES string of the molecule is COCC(C)OC(=O)C(C)(N)C1CC1. The average molecular weight is 201 g/mol. The van der Waals surface area contributed by atoms with Gasteiger partial charge in [-0.3, -0.25) is 4.79 Å². The lowest BCUT2D eigenvalue weighted by atomic mass is 9.98. The summed E-state index contributed by atoms with van der Waals surface area (Å²) in [6, 6.07) is 0. The first kappa shape index (κ1) is 11.5. The van der Waals surface area contributed by atoms with Gasteiger partial charge in [-0.1, -0.05) is 0 Å². The zero-order valence-electron chi connectivity index (χ0n) is 9.08. The van der Waals surface area contributed by atoms with Crippen LogP contribution in [-0.4, -0.2) is 31.3 Å². The number of carbonyl (C=O) groups excluding carboxylic acids is 1. The molecule has 1 aliphatic rings. The van der Waals surface area contributed by atoms with E-state index in [0.29, 0.717) is 12.5 Å². The standard InChI is InChI=1S/C10H19NO3/c1-7(6-13-3)14-9(12)10(2,11)8-4-5-8/h7-8H,4-6,11H2,1-3H3. The van der Waals surface area contributed by atoms with Crippen molar-refractivity contribution >= 4 is 5.97 Å². The monoisotopic (exact) mass is 201 g/mol. The summed E-state index contributed by atoms with van der Waals surface area (Å²) < 4.78 is 10.0. The smallest absolute Gasteiger partial charge is 0.326 e. The number of rotatable bonds is 5. The lowest BCUT2D eigenvalue weighted by Gasteiger charge is -2.24. The highest BCUT2D eigenvalue weighted by Crippen LogP contribution is 2.38. The Kier molecular flexibility index (Phi) is 3.50. The third kappa shape index (κ3) is 2.69. The second kappa shape index (κ2) is 4.28. The van der Waals surface area contributed by atoms with Crippen molar-refractivity contribution in [2.75, 3.05) is 13.7 Å². The molecule has 0 aliphatic heterocycles. The molecular weight excluding hydrogens is 182 g/mol. The summed E-state index contributed by atoms with van der Waals surface area (Å²) in [5, 5.41) is 0. The van der Waals surface area contributed by atoms with Gasteiger partial charge in [0, 0.05) is 7.11 Å². The van der Waals surface area contributed by atoms with Crippen LogP contribution in [0.2, 0.25) is 0 Å². The molecule has 82 valence electrons. The second-order valence-corrected chi connectivity index (χ2v) is 4.23. The summed E-state index contributed by atoms with van der Waals surface area (Å²) in [7, 11) is 1.58. The molecule has 0 heterocycles. The van der Waals surface area contributed by atoms with Crippen LogP contribution < -0.4 is 5.73 Å². The molecule has 0 aromatic heterocycles. The lowest BCUT2D eigenvalue weighted by molar-refractivity contribution is -0.157. The van der Waals surface area contributed by atoms with Gasteiger partial charge in [0.05, 0.1) is 6.61 Å². The van der Waals surface area contributed by atoms with Gasteiger partial charge >= 0.3 is 5.97 Å². The molecule has 0 radical (unpaired) electrons. The van der Waals surface area contributed by atoms with Crippen LogP contribution in [0.3, 0.4) is 0 Å². The molecule has 4 heteroatoms. The van der Waals surface area contributed by atoms with Crippen LogP contribution in [0.15, 0.2) is 0 Å². The van der Waals surface area contributed by atoms with Crippen molar-refractivity contribution in [2.45, 2.75) is 38.3 Å². The number of methoxy groups -OCH3 is 1. The maximum Gasteiger partial charge on any atom is 0.326 e. The number of carbonyl (C=O) groups is 1. The van der Waals surface area contributed by atoms with Crippen molar-refractivity contribution in [3.05, 3.63) is 0 Å². The van der Waals surface area contributed by atoms with E-state index in [1.165, 1.54) is 0 Å². The van der Waals surface area contributed by atoms with E-state index in [9.17, 15) is 4.79 Å². The maximum atomic E-state index is 11.6. The number of esters is 1. The van der Waals surface area contributed by atoms with E-state index in [-0.39, 0.29) is 12.1 Å². The molecule has 1 fully saturated rings. The van der Waals surface area contributed by atoms with Crippen LogP contribution in [0.4, 0.5) is 0 Å². The Labute approximate surface area is 84.7 Å². The highest BCUT2D eigenvalue weighted by atomic mass is 16.6. The Morgan fingerprint density at radius 2 is 2.21 bits per heavy atom. The van der Waals surface area contributed by atoms with E-state index in [0.717, 1.165) is 12.8 Å². The molecule has 0 bridgehead atoms. The summed E-state index contributed by atoms with van der Waals surface area (Å²) in [6.07, 6.45) is 1.83. The maximum absolute atomic E-state index is 11.6. The minimum atomic E-state index is -0.817. The molecule has 0 spiro atoms. The predicted octanol–water partition coefficient (Wildman–Crippen LogP) is 0.692. The second-order valence-electron chi connectivity index (χ2n) is 4.23. The molecule has 1 aliphatic carbocycles. The van der Waals surface area contributed by atoms with E-state index in [1.807, 2.05) is 0 Å². The van der Waals surface area contributed by atoms with Gasteiger partial charge in [-0.25, -0.2) is 0 Å². The summed E-state index contributed by atoms with van der Waals surface area (Å²) in [6.45, 7) is 3.95. The van der Waals surface area contributed by atoms with Crippen LogP contribution in [0.1, 0.15) is 26.7 Å². The molecule has 4 nitrogen and oxygen atoms in total. The van der Waals surface area contributed by atoms with Crippen molar-refractivity contribution in [1.82, 2.24) is 0 Å². The summed E-state index contributed by atoms with van der Waals surface area (Å²) in [5.74, 6) is -0.0192. The largest absolute Gasteiger partial charge is 0.459 e. The van der Waals surface area contributed by atoms with Crippen molar-refractivity contribution in [2.24, 2.45) is 11.7 Å². The van der Waals surface area contributed by atoms with Crippen molar-refractivity contribution in [3.8, 4) is 0 Å². The summed E-state index contributed by atoms with van der Waals surface area (Å²) in [5.41, 5.74) is 5.08. The van der Waals surface area contributed by atoms with E-state index < -0.39 is 5.54 Å². The van der Waals surface area contributed by atoms with E-state index in [4.69, 9.17) is 15.2 Å². The summed E-state index contributed by atoms with van der Waals surface area (Å²) >= 11 is 0. The van der Waals surface area contributed by atoms with Crippen molar-refractivity contribution in [3.63, 3.8) is 0 Å². The van der Waals surface area contributed by atoms with E-state index in [2.05, 4.69) is 0 Å². The molecular formula is C10H19NO3. The zero-order valence-corrected chi connectivity index (χ0v) is 9.08. The van der Waals surface area contributed by atoms with Gasteiger partial charge in [-0.05, 0) is 32.6 Å². The molecule has 14 heavy (non-hydrogen) atoms. The fraction of sp³-hybridized carbons (Fsp3) is 0.900. The van der Waals surface area contributed by atoms with Gasteiger partial charge in [0.15, 0.2) is 0 Å². The Balaban J connectivity index is 2.40. The van der Waals surface area contributed by atoms with Crippen molar-refractivity contribution in [1.29, 1.82) is 0 Å². The Morgan fingerprint density at radius 3 is 2.64 bits per heavy atom. The van der Waals surface area contributed by atoms with Gasteiger partial charge in [0.25, 0.3) is 0 Å². The molecule has 0 amide bonds. The Bertz CT molecular complexity index is 211. The van der Waals surface area contributed by atoms with Gasteiger partial charge in [0.1, 0.15) is 11.6 Å². The number of ether oxygens (including phenoxy) is 2. The quantitative estimate of drug-likeness (QED) is 0.665. The number of hydrogen-bond donors (Lipinski definition) is 1. The normalized spacial score (nSPS) is 22.6.